The van der Waals surface area contributed by atoms with Gasteiger partial charge in [0.05, 0.1) is 6.54 Å². The molecule has 0 aliphatic rings. The summed E-state index contributed by atoms with van der Waals surface area (Å²) < 4.78 is 1.80. The molecular weight excluding hydrogens is 330 g/mol. The lowest BCUT2D eigenvalue weighted by Gasteiger charge is -2.13. The molecule has 0 saturated carbocycles. The Morgan fingerprint density at radius 3 is 2.48 bits per heavy atom. The maximum Gasteiger partial charge on any atom is 0.251 e. The van der Waals surface area contributed by atoms with Crippen molar-refractivity contribution in [1.29, 1.82) is 0 Å². The molecule has 126 valence electrons. The van der Waals surface area contributed by atoms with Crippen LogP contribution in [0.1, 0.15) is 24.6 Å². The van der Waals surface area contributed by atoms with Crippen LogP contribution in [0, 0.1) is 0 Å². The molecule has 3 aromatic rings. The van der Waals surface area contributed by atoms with Crippen molar-refractivity contribution in [2.45, 2.75) is 19.9 Å². The number of halogens is 1. The molecule has 0 saturated heterocycles. The number of nitrogens with zero attached hydrogens (tertiary/aromatic N) is 1. The van der Waals surface area contributed by atoms with Crippen molar-refractivity contribution in [3.63, 3.8) is 0 Å². The van der Waals surface area contributed by atoms with Crippen molar-refractivity contribution in [1.82, 2.24) is 4.57 Å². The predicted octanol–water partition coefficient (Wildman–Crippen LogP) is 5.64. The van der Waals surface area contributed by atoms with Crippen LogP contribution in [-0.2, 0) is 6.54 Å². The number of hydrogen-bond acceptors (Lipinski definition) is 1. The summed E-state index contributed by atoms with van der Waals surface area (Å²) in [7, 11) is 0. The molecule has 0 amide bonds. The van der Waals surface area contributed by atoms with Gasteiger partial charge in [-0.15, -0.1) is 0 Å². The Morgan fingerprint density at radius 2 is 1.76 bits per heavy atom. The molecule has 0 bridgehead atoms. The first-order chi connectivity index (χ1) is 12.2. The molecular formula is C22H20ClNO. The third-order valence-electron chi connectivity index (χ3n) is 4.03. The van der Waals surface area contributed by atoms with Gasteiger partial charge in [-0.2, -0.15) is 0 Å². The van der Waals surface area contributed by atoms with E-state index in [4.69, 9.17) is 11.6 Å². The first kappa shape index (κ1) is 17.2. The fraction of sp³-hybridized carbons (Fsp3) is 0.136. The van der Waals surface area contributed by atoms with E-state index in [2.05, 4.69) is 13.0 Å². The largest absolute Gasteiger partial charge is 0.304 e. The molecule has 0 N–H and O–H groups in total. The standard InChI is InChI=1S/C22H20ClNO/c1-2-3-12-21-14-19(18-10-7-11-20(23)13-18)15-22(25)24(21)16-17-8-5-4-6-9-17/h3-15H,2,16H2,1H3. The summed E-state index contributed by atoms with van der Waals surface area (Å²) in [6.45, 7) is 2.63. The number of allylic oxidation sites excluding steroid dienone is 1. The minimum atomic E-state index is -0.0166. The minimum absolute atomic E-state index is 0.0166. The fourth-order valence-electron chi connectivity index (χ4n) is 2.76. The summed E-state index contributed by atoms with van der Waals surface area (Å²) in [4.78, 5) is 12.8. The summed E-state index contributed by atoms with van der Waals surface area (Å²) >= 11 is 6.10. The van der Waals surface area contributed by atoms with Gasteiger partial charge < -0.3 is 4.57 Å². The topological polar surface area (TPSA) is 22.0 Å². The fourth-order valence-corrected chi connectivity index (χ4v) is 2.95. The summed E-state index contributed by atoms with van der Waals surface area (Å²) in [5.41, 5.74) is 3.81. The number of aromatic nitrogens is 1. The monoisotopic (exact) mass is 349 g/mol. The molecule has 0 aliphatic heterocycles. The van der Waals surface area contributed by atoms with Gasteiger partial charge in [0.25, 0.3) is 5.56 Å². The molecule has 0 radical (unpaired) electrons. The van der Waals surface area contributed by atoms with E-state index in [-0.39, 0.29) is 5.56 Å². The molecule has 0 atom stereocenters. The van der Waals surface area contributed by atoms with Crippen molar-refractivity contribution in [2.24, 2.45) is 0 Å². The zero-order chi connectivity index (χ0) is 17.6. The van der Waals surface area contributed by atoms with Gasteiger partial charge in [-0.3, -0.25) is 4.79 Å². The Morgan fingerprint density at radius 1 is 0.960 bits per heavy atom. The zero-order valence-corrected chi connectivity index (χ0v) is 14.9. The summed E-state index contributed by atoms with van der Waals surface area (Å²) in [6.07, 6.45) is 5.00. The highest BCUT2D eigenvalue weighted by Gasteiger charge is 2.08. The molecule has 3 rings (SSSR count). The summed E-state index contributed by atoms with van der Waals surface area (Å²) in [5.74, 6) is 0. The molecule has 0 unspecified atom stereocenters. The van der Waals surface area contributed by atoms with Gasteiger partial charge >= 0.3 is 0 Å². The summed E-state index contributed by atoms with van der Waals surface area (Å²) in [6, 6.07) is 21.3. The lowest BCUT2D eigenvalue weighted by Crippen LogP contribution is -2.22. The minimum Gasteiger partial charge on any atom is -0.304 e. The van der Waals surface area contributed by atoms with Gasteiger partial charge in [-0.1, -0.05) is 67.1 Å². The maximum absolute atomic E-state index is 12.8. The molecule has 1 heterocycles. The average Bonchev–Trinajstić information content (AvgIpc) is 2.63. The van der Waals surface area contributed by atoms with Gasteiger partial charge in [0.2, 0.25) is 0 Å². The molecule has 0 fully saturated rings. The molecule has 2 aromatic carbocycles. The van der Waals surface area contributed by atoms with E-state index < -0.39 is 0 Å². The van der Waals surface area contributed by atoms with E-state index in [1.54, 1.807) is 10.6 Å². The van der Waals surface area contributed by atoms with E-state index in [0.717, 1.165) is 28.8 Å². The molecule has 3 heteroatoms. The second kappa shape index (κ2) is 8.00. The highest BCUT2D eigenvalue weighted by molar-refractivity contribution is 6.30. The van der Waals surface area contributed by atoms with Crippen molar-refractivity contribution < 1.29 is 0 Å². The Balaban J connectivity index is 2.09. The SMILES string of the molecule is CCC=Cc1cc(-c2cccc(Cl)c2)cc(=O)n1Cc1ccccc1. The van der Waals surface area contributed by atoms with Gasteiger partial charge in [0, 0.05) is 16.8 Å². The van der Waals surface area contributed by atoms with Gasteiger partial charge in [-0.05, 0) is 47.4 Å². The van der Waals surface area contributed by atoms with Crippen LogP contribution in [0.4, 0.5) is 0 Å². The molecule has 0 aliphatic carbocycles. The lowest BCUT2D eigenvalue weighted by molar-refractivity contribution is 0.751. The predicted molar refractivity (Wildman–Crippen MR) is 106 cm³/mol. The van der Waals surface area contributed by atoms with Crippen molar-refractivity contribution in [2.75, 3.05) is 0 Å². The van der Waals surface area contributed by atoms with Crippen LogP contribution in [0.15, 0.2) is 77.6 Å². The Kier molecular flexibility index (Phi) is 5.52. The van der Waals surface area contributed by atoms with E-state index in [1.165, 1.54) is 0 Å². The lowest BCUT2D eigenvalue weighted by atomic mass is 10.1. The van der Waals surface area contributed by atoms with Gasteiger partial charge in [0.15, 0.2) is 0 Å². The Hall–Kier alpha value is -2.58. The quantitative estimate of drug-likeness (QED) is 0.584. The van der Waals surface area contributed by atoms with Gasteiger partial charge in [0.1, 0.15) is 0 Å². The average molecular weight is 350 g/mol. The smallest absolute Gasteiger partial charge is 0.251 e. The second-order valence-corrected chi connectivity index (χ2v) is 6.34. The number of benzene rings is 2. The van der Waals surface area contributed by atoms with Crippen LogP contribution < -0.4 is 5.56 Å². The number of hydrogen-bond donors (Lipinski definition) is 0. The van der Waals surface area contributed by atoms with Crippen molar-refractivity contribution >= 4 is 17.7 Å². The Bertz CT molecular complexity index is 942. The first-order valence-corrected chi connectivity index (χ1v) is 8.76. The number of rotatable bonds is 5. The molecule has 0 spiro atoms. The molecule has 25 heavy (non-hydrogen) atoms. The molecule has 1 aromatic heterocycles. The highest BCUT2D eigenvalue weighted by atomic mass is 35.5. The van der Waals surface area contributed by atoms with Crippen molar-refractivity contribution in [3.05, 3.63) is 99.4 Å². The van der Waals surface area contributed by atoms with Crippen LogP contribution in [-0.4, -0.2) is 4.57 Å². The second-order valence-electron chi connectivity index (χ2n) is 5.90. The van der Waals surface area contributed by atoms with E-state index >= 15 is 0 Å². The van der Waals surface area contributed by atoms with Gasteiger partial charge in [-0.25, -0.2) is 0 Å². The van der Waals surface area contributed by atoms with Crippen LogP contribution >= 0.6 is 11.6 Å². The maximum atomic E-state index is 12.8. The van der Waals surface area contributed by atoms with Crippen LogP contribution in [0.5, 0.6) is 0 Å². The van der Waals surface area contributed by atoms with Crippen LogP contribution in [0.2, 0.25) is 5.02 Å². The van der Waals surface area contributed by atoms with Crippen molar-refractivity contribution in [3.8, 4) is 11.1 Å². The van der Waals surface area contributed by atoms with E-state index in [9.17, 15) is 4.79 Å². The normalized spacial score (nSPS) is 11.1. The van der Waals surface area contributed by atoms with Crippen LogP contribution in [0.25, 0.3) is 17.2 Å². The first-order valence-electron chi connectivity index (χ1n) is 8.38. The van der Waals surface area contributed by atoms with Crippen LogP contribution in [0.3, 0.4) is 0 Å². The number of pyridine rings is 1. The molecule has 2 nitrogen and oxygen atoms in total. The zero-order valence-electron chi connectivity index (χ0n) is 14.2. The highest BCUT2D eigenvalue weighted by Crippen LogP contribution is 2.23. The third kappa shape index (κ3) is 4.28. The third-order valence-corrected chi connectivity index (χ3v) is 4.26. The summed E-state index contributed by atoms with van der Waals surface area (Å²) in [5, 5.41) is 0.664. The van der Waals surface area contributed by atoms with E-state index in [1.807, 2.05) is 66.7 Å². The van der Waals surface area contributed by atoms with E-state index in [0.29, 0.717) is 11.6 Å². The Labute approximate surface area is 153 Å².